The van der Waals surface area contributed by atoms with Crippen LogP contribution < -0.4 is 10.6 Å². The largest absolute Gasteiger partial charge is 0.383 e. The molecule has 0 amide bonds. The lowest BCUT2D eigenvalue weighted by Gasteiger charge is -2.12. The lowest BCUT2D eigenvalue weighted by Crippen LogP contribution is -2.07. The standard InChI is InChI=1S/C13H18N4/c1-9-15-12(13(14)17(9)4)10-5-7-11(8-6-10)16(2)3/h5-8H,14H2,1-4H3. The molecule has 0 atom stereocenters. The number of benzene rings is 1. The van der Waals surface area contributed by atoms with Gasteiger partial charge in [0.15, 0.2) is 0 Å². The van der Waals surface area contributed by atoms with Crippen LogP contribution in [0, 0.1) is 6.92 Å². The second-order valence-corrected chi connectivity index (χ2v) is 4.39. The van der Waals surface area contributed by atoms with E-state index >= 15 is 0 Å². The SMILES string of the molecule is Cc1nc(-c2ccc(N(C)C)cc2)c(N)n1C. The van der Waals surface area contributed by atoms with Gasteiger partial charge < -0.3 is 15.2 Å². The quantitative estimate of drug-likeness (QED) is 0.858. The average molecular weight is 230 g/mol. The Kier molecular flexibility index (Phi) is 2.79. The smallest absolute Gasteiger partial charge is 0.131 e. The summed E-state index contributed by atoms with van der Waals surface area (Å²) in [5.41, 5.74) is 9.10. The van der Waals surface area contributed by atoms with E-state index in [0.29, 0.717) is 5.82 Å². The minimum absolute atomic E-state index is 0.708. The van der Waals surface area contributed by atoms with Crippen molar-refractivity contribution in [2.75, 3.05) is 24.7 Å². The first-order valence-corrected chi connectivity index (χ1v) is 5.57. The van der Waals surface area contributed by atoms with Crippen molar-refractivity contribution in [2.24, 2.45) is 7.05 Å². The zero-order chi connectivity index (χ0) is 12.6. The number of hydrogen-bond donors (Lipinski definition) is 1. The van der Waals surface area contributed by atoms with Gasteiger partial charge in [0.1, 0.15) is 17.3 Å². The number of rotatable bonds is 2. The average Bonchev–Trinajstić information content (AvgIpc) is 2.57. The highest BCUT2D eigenvalue weighted by molar-refractivity contribution is 5.72. The number of imidazole rings is 1. The zero-order valence-corrected chi connectivity index (χ0v) is 10.7. The number of nitrogens with zero attached hydrogens (tertiary/aromatic N) is 3. The normalized spacial score (nSPS) is 10.6. The van der Waals surface area contributed by atoms with Crippen LogP contribution in [0.25, 0.3) is 11.3 Å². The van der Waals surface area contributed by atoms with Gasteiger partial charge in [-0.2, -0.15) is 0 Å². The van der Waals surface area contributed by atoms with Gasteiger partial charge in [-0.05, 0) is 19.1 Å². The van der Waals surface area contributed by atoms with Crippen LogP contribution in [0.2, 0.25) is 0 Å². The minimum atomic E-state index is 0.708. The molecular formula is C13H18N4. The Bertz CT molecular complexity index is 523. The summed E-state index contributed by atoms with van der Waals surface area (Å²) in [6, 6.07) is 8.23. The first kappa shape index (κ1) is 11.5. The highest BCUT2D eigenvalue weighted by atomic mass is 15.1. The van der Waals surface area contributed by atoms with Crippen molar-refractivity contribution in [3.63, 3.8) is 0 Å². The summed E-state index contributed by atoms with van der Waals surface area (Å²) in [5.74, 6) is 1.63. The maximum atomic E-state index is 6.02. The molecule has 0 saturated carbocycles. The molecule has 2 aromatic rings. The molecule has 0 aliphatic rings. The summed E-state index contributed by atoms with van der Waals surface area (Å²) in [7, 11) is 5.97. The summed E-state index contributed by atoms with van der Waals surface area (Å²) in [6.07, 6.45) is 0. The van der Waals surface area contributed by atoms with Gasteiger partial charge in [-0.1, -0.05) is 12.1 Å². The second-order valence-electron chi connectivity index (χ2n) is 4.39. The molecule has 0 radical (unpaired) electrons. The number of nitrogen functional groups attached to an aromatic ring is 1. The van der Waals surface area contributed by atoms with Gasteiger partial charge in [0.05, 0.1) is 0 Å². The van der Waals surface area contributed by atoms with Crippen LogP contribution in [-0.4, -0.2) is 23.6 Å². The van der Waals surface area contributed by atoms with Crippen molar-refractivity contribution in [3.8, 4) is 11.3 Å². The van der Waals surface area contributed by atoms with E-state index in [0.717, 1.165) is 17.1 Å². The zero-order valence-electron chi connectivity index (χ0n) is 10.7. The van der Waals surface area contributed by atoms with Crippen molar-refractivity contribution in [2.45, 2.75) is 6.92 Å². The molecule has 0 fully saturated rings. The van der Waals surface area contributed by atoms with Crippen LogP contribution in [0.4, 0.5) is 11.5 Å². The Morgan fingerprint density at radius 3 is 2.18 bits per heavy atom. The van der Waals surface area contributed by atoms with E-state index in [4.69, 9.17) is 5.73 Å². The maximum absolute atomic E-state index is 6.02. The summed E-state index contributed by atoms with van der Waals surface area (Å²) in [6.45, 7) is 1.95. The molecule has 4 heteroatoms. The molecule has 90 valence electrons. The van der Waals surface area contributed by atoms with Crippen LogP contribution in [0.15, 0.2) is 24.3 Å². The first-order valence-electron chi connectivity index (χ1n) is 5.57. The van der Waals surface area contributed by atoms with E-state index in [1.165, 1.54) is 5.69 Å². The molecule has 2 rings (SSSR count). The molecular weight excluding hydrogens is 212 g/mol. The molecule has 0 bridgehead atoms. The fourth-order valence-corrected chi connectivity index (χ4v) is 1.76. The Morgan fingerprint density at radius 2 is 1.76 bits per heavy atom. The summed E-state index contributed by atoms with van der Waals surface area (Å²) >= 11 is 0. The third-order valence-electron chi connectivity index (χ3n) is 3.02. The summed E-state index contributed by atoms with van der Waals surface area (Å²) in [5, 5.41) is 0. The van der Waals surface area contributed by atoms with Crippen molar-refractivity contribution in [3.05, 3.63) is 30.1 Å². The summed E-state index contributed by atoms with van der Waals surface area (Å²) in [4.78, 5) is 6.55. The Hall–Kier alpha value is -1.97. The highest BCUT2D eigenvalue weighted by Crippen LogP contribution is 2.26. The second kappa shape index (κ2) is 4.13. The predicted octanol–water partition coefficient (Wildman–Crippen LogP) is 2.04. The van der Waals surface area contributed by atoms with Gasteiger partial charge in [0.2, 0.25) is 0 Å². The van der Waals surface area contributed by atoms with Crippen LogP contribution in [0.5, 0.6) is 0 Å². The monoisotopic (exact) mass is 230 g/mol. The Balaban J connectivity index is 2.43. The van der Waals surface area contributed by atoms with Gasteiger partial charge in [0.25, 0.3) is 0 Å². The predicted molar refractivity (Wildman–Crippen MR) is 72.1 cm³/mol. The van der Waals surface area contributed by atoms with E-state index in [2.05, 4.69) is 22.0 Å². The number of hydrogen-bond acceptors (Lipinski definition) is 3. The van der Waals surface area contributed by atoms with Gasteiger partial charge in [-0.25, -0.2) is 4.98 Å². The van der Waals surface area contributed by atoms with E-state index in [1.807, 2.05) is 44.8 Å². The molecule has 0 unspecified atom stereocenters. The lowest BCUT2D eigenvalue weighted by atomic mass is 10.1. The molecule has 0 spiro atoms. The molecule has 0 aliphatic carbocycles. The van der Waals surface area contributed by atoms with Crippen molar-refractivity contribution in [1.29, 1.82) is 0 Å². The van der Waals surface area contributed by atoms with E-state index in [9.17, 15) is 0 Å². The topological polar surface area (TPSA) is 47.1 Å². The van der Waals surface area contributed by atoms with Crippen molar-refractivity contribution >= 4 is 11.5 Å². The van der Waals surface area contributed by atoms with Gasteiger partial charge >= 0.3 is 0 Å². The molecule has 2 N–H and O–H groups in total. The molecule has 4 nitrogen and oxygen atoms in total. The van der Waals surface area contributed by atoms with Crippen LogP contribution in [0.1, 0.15) is 5.82 Å². The third-order valence-corrected chi connectivity index (χ3v) is 3.02. The first-order chi connectivity index (χ1) is 8.00. The van der Waals surface area contributed by atoms with E-state index in [-0.39, 0.29) is 0 Å². The third kappa shape index (κ3) is 1.98. The van der Waals surface area contributed by atoms with E-state index in [1.54, 1.807) is 0 Å². The van der Waals surface area contributed by atoms with Crippen molar-refractivity contribution in [1.82, 2.24) is 9.55 Å². The number of aryl methyl sites for hydroxylation is 1. The number of aromatic nitrogens is 2. The van der Waals surface area contributed by atoms with Gasteiger partial charge in [-0.3, -0.25) is 0 Å². The van der Waals surface area contributed by atoms with E-state index < -0.39 is 0 Å². The van der Waals surface area contributed by atoms with Gasteiger partial charge in [0, 0.05) is 32.4 Å². The molecule has 0 aliphatic heterocycles. The summed E-state index contributed by atoms with van der Waals surface area (Å²) < 4.78 is 1.90. The Labute approximate surface area is 102 Å². The molecule has 1 aromatic carbocycles. The lowest BCUT2D eigenvalue weighted by molar-refractivity contribution is 0.868. The fraction of sp³-hybridized carbons (Fsp3) is 0.308. The maximum Gasteiger partial charge on any atom is 0.131 e. The molecule has 0 saturated heterocycles. The molecule has 1 aromatic heterocycles. The van der Waals surface area contributed by atoms with Crippen molar-refractivity contribution < 1.29 is 0 Å². The Morgan fingerprint density at radius 1 is 1.18 bits per heavy atom. The van der Waals surface area contributed by atoms with Crippen LogP contribution >= 0.6 is 0 Å². The minimum Gasteiger partial charge on any atom is -0.383 e. The highest BCUT2D eigenvalue weighted by Gasteiger charge is 2.10. The fourth-order valence-electron chi connectivity index (χ4n) is 1.76. The number of anilines is 2. The van der Waals surface area contributed by atoms with Crippen LogP contribution in [0.3, 0.4) is 0 Å². The number of nitrogens with two attached hydrogens (primary N) is 1. The van der Waals surface area contributed by atoms with Crippen LogP contribution in [-0.2, 0) is 7.05 Å². The molecule has 17 heavy (non-hydrogen) atoms. The van der Waals surface area contributed by atoms with Gasteiger partial charge in [-0.15, -0.1) is 0 Å². The molecule has 1 heterocycles.